The highest BCUT2D eigenvalue weighted by atomic mass is 16.5. The van der Waals surface area contributed by atoms with Gasteiger partial charge in [-0.3, -0.25) is 0 Å². The highest BCUT2D eigenvalue weighted by molar-refractivity contribution is 6.01. The van der Waals surface area contributed by atoms with Gasteiger partial charge in [-0.15, -0.1) is 0 Å². The Labute approximate surface area is 98.3 Å². The molecule has 0 saturated carbocycles. The molecule has 0 fully saturated rings. The van der Waals surface area contributed by atoms with E-state index in [4.69, 9.17) is 9.47 Å². The van der Waals surface area contributed by atoms with Gasteiger partial charge in [0.05, 0.1) is 14.2 Å². The summed E-state index contributed by atoms with van der Waals surface area (Å²) in [6.45, 7) is 0. The fourth-order valence-corrected chi connectivity index (χ4v) is 1.44. The van der Waals surface area contributed by atoms with Crippen molar-refractivity contribution in [1.29, 1.82) is 0 Å². The predicted octanol–water partition coefficient (Wildman–Crippen LogP) is 1.63. The van der Waals surface area contributed by atoms with Crippen molar-refractivity contribution in [2.24, 2.45) is 4.99 Å². The number of cyclic esters (lactones) is 1. The Bertz CT molecular complexity index is 505. The van der Waals surface area contributed by atoms with E-state index < -0.39 is 5.97 Å². The Morgan fingerprint density at radius 3 is 2.59 bits per heavy atom. The number of methoxy groups -OCH3 is 2. The lowest BCUT2D eigenvalue weighted by Crippen LogP contribution is -1.96. The minimum Gasteiger partial charge on any atom is -0.493 e. The van der Waals surface area contributed by atoms with Crippen molar-refractivity contribution >= 4 is 18.4 Å². The number of nitrogens with zero attached hydrogens (tertiary/aromatic N) is 1. The zero-order chi connectivity index (χ0) is 12.3. The number of hydrogen-bond acceptors (Lipinski definition) is 5. The number of carbonyl (C=O) groups is 1. The molecule has 1 heterocycles. The molecule has 1 aliphatic rings. The second-order valence-electron chi connectivity index (χ2n) is 3.28. The molecule has 0 amide bonds. The van der Waals surface area contributed by atoms with Gasteiger partial charge >= 0.3 is 5.97 Å². The molecular weight excluding hydrogens is 222 g/mol. The number of hydrogen-bond donors (Lipinski definition) is 0. The molecule has 1 aromatic rings. The van der Waals surface area contributed by atoms with E-state index in [9.17, 15) is 4.79 Å². The van der Waals surface area contributed by atoms with Gasteiger partial charge in [0.1, 0.15) is 0 Å². The predicted molar refractivity (Wildman–Crippen MR) is 62.1 cm³/mol. The molecule has 5 heteroatoms. The molecule has 88 valence electrons. The summed E-state index contributed by atoms with van der Waals surface area (Å²) >= 11 is 0. The second-order valence-corrected chi connectivity index (χ2v) is 3.28. The SMILES string of the molecule is COc1ccc(/C=C2\N=COC2=O)cc1OC. The third-order valence-corrected chi connectivity index (χ3v) is 2.27. The summed E-state index contributed by atoms with van der Waals surface area (Å²) in [6, 6.07) is 5.32. The first-order valence-electron chi connectivity index (χ1n) is 4.92. The molecule has 5 nitrogen and oxygen atoms in total. The summed E-state index contributed by atoms with van der Waals surface area (Å²) in [5.41, 5.74) is 1.05. The molecule has 0 saturated heterocycles. The van der Waals surface area contributed by atoms with E-state index in [0.29, 0.717) is 11.5 Å². The van der Waals surface area contributed by atoms with Crippen LogP contribution in [0.3, 0.4) is 0 Å². The van der Waals surface area contributed by atoms with E-state index in [2.05, 4.69) is 9.73 Å². The van der Waals surface area contributed by atoms with Gasteiger partial charge in [0, 0.05) is 0 Å². The van der Waals surface area contributed by atoms with E-state index in [1.807, 2.05) is 0 Å². The summed E-state index contributed by atoms with van der Waals surface area (Å²) in [5, 5.41) is 0. The number of ether oxygens (including phenoxy) is 3. The Balaban J connectivity index is 2.34. The van der Waals surface area contributed by atoms with E-state index in [1.54, 1.807) is 38.5 Å². The average Bonchev–Trinajstić information content (AvgIpc) is 2.75. The monoisotopic (exact) mass is 233 g/mol. The quantitative estimate of drug-likeness (QED) is 0.588. The van der Waals surface area contributed by atoms with Gasteiger partial charge in [0.15, 0.2) is 23.6 Å². The molecule has 0 bridgehead atoms. The van der Waals surface area contributed by atoms with Crippen LogP contribution < -0.4 is 9.47 Å². The van der Waals surface area contributed by atoms with E-state index in [0.717, 1.165) is 12.0 Å². The smallest absolute Gasteiger partial charge is 0.363 e. The molecule has 0 spiro atoms. The van der Waals surface area contributed by atoms with Gasteiger partial charge < -0.3 is 14.2 Å². The minimum absolute atomic E-state index is 0.261. The molecule has 0 atom stereocenters. The maximum absolute atomic E-state index is 11.2. The van der Waals surface area contributed by atoms with E-state index in [1.165, 1.54) is 0 Å². The first-order valence-corrected chi connectivity index (χ1v) is 4.92. The maximum Gasteiger partial charge on any atom is 0.363 e. The summed E-state index contributed by atoms with van der Waals surface area (Å²) in [4.78, 5) is 15.0. The fraction of sp³-hybridized carbons (Fsp3) is 0.167. The van der Waals surface area contributed by atoms with Crippen LogP contribution in [-0.2, 0) is 9.53 Å². The van der Waals surface area contributed by atoms with Gasteiger partial charge in [0.2, 0.25) is 0 Å². The van der Waals surface area contributed by atoms with Crippen LogP contribution in [0.2, 0.25) is 0 Å². The van der Waals surface area contributed by atoms with Crippen molar-refractivity contribution < 1.29 is 19.0 Å². The van der Waals surface area contributed by atoms with Gasteiger partial charge in [-0.05, 0) is 23.8 Å². The van der Waals surface area contributed by atoms with E-state index in [-0.39, 0.29) is 5.70 Å². The molecular formula is C12H11NO4. The third kappa shape index (κ3) is 2.28. The largest absolute Gasteiger partial charge is 0.493 e. The minimum atomic E-state index is -0.459. The number of benzene rings is 1. The Morgan fingerprint density at radius 2 is 2.00 bits per heavy atom. The number of rotatable bonds is 3. The fourth-order valence-electron chi connectivity index (χ4n) is 1.44. The number of aliphatic imine (C=N–C) groups is 1. The molecule has 1 aromatic carbocycles. The first kappa shape index (κ1) is 11.2. The van der Waals surface area contributed by atoms with Crippen molar-refractivity contribution in [3.63, 3.8) is 0 Å². The summed E-state index contributed by atoms with van der Waals surface area (Å²) < 4.78 is 14.9. The van der Waals surface area contributed by atoms with Crippen molar-refractivity contribution in [3.05, 3.63) is 29.5 Å². The van der Waals surface area contributed by atoms with Gasteiger partial charge in [-0.25, -0.2) is 9.79 Å². The van der Waals surface area contributed by atoms with Crippen LogP contribution >= 0.6 is 0 Å². The van der Waals surface area contributed by atoms with Gasteiger partial charge in [-0.1, -0.05) is 6.07 Å². The lowest BCUT2D eigenvalue weighted by molar-refractivity contribution is -0.129. The Hall–Kier alpha value is -2.30. The van der Waals surface area contributed by atoms with Crippen LogP contribution in [0.25, 0.3) is 6.08 Å². The average molecular weight is 233 g/mol. The summed E-state index contributed by atoms with van der Waals surface area (Å²) in [5.74, 6) is 0.768. The van der Waals surface area contributed by atoms with Crippen LogP contribution in [0.5, 0.6) is 11.5 Å². The highest BCUT2D eigenvalue weighted by Crippen LogP contribution is 2.28. The van der Waals surface area contributed by atoms with Crippen molar-refractivity contribution in [2.45, 2.75) is 0 Å². The number of esters is 1. The standard InChI is InChI=1S/C12H11NO4/c1-15-10-4-3-8(6-11(10)16-2)5-9-12(14)17-7-13-9/h3-7H,1-2H3/b9-5-. The lowest BCUT2D eigenvalue weighted by Gasteiger charge is -2.07. The third-order valence-electron chi connectivity index (χ3n) is 2.27. The molecule has 1 aliphatic heterocycles. The molecule has 0 aromatic heterocycles. The molecule has 0 aliphatic carbocycles. The zero-order valence-corrected chi connectivity index (χ0v) is 9.47. The molecule has 2 rings (SSSR count). The normalized spacial score (nSPS) is 16.1. The van der Waals surface area contributed by atoms with Crippen molar-refractivity contribution in [1.82, 2.24) is 0 Å². The molecule has 0 radical (unpaired) electrons. The second kappa shape index (κ2) is 4.69. The van der Waals surface area contributed by atoms with Gasteiger partial charge in [0.25, 0.3) is 0 Å². The lowest BCUT2D eigenvalue weighted by atomic mass is 10.1. The van der Waals surface area contributed by atoms with Crippen molar-refractivity contribution in [3.8, 4) is 11.5 Å². The summed E-state index contributed by atoms with van der Waals surface area (Å²) in [7, 11) is 3.12. The Kier molecular flexibility index (Phi) is 3.09. The van der Waals surface area contributed by atoms with Crippen LogP contribution in [0.4, 0.5) is 0 Å². The summed E-state index contributed by atoms with van der Waals surface area (Å²) in [6.07, 6.45) is 2.74. The van der Waals surface area contributed by atoms with Gasteiger partial charge in [-0.2, -0.15) is 0 Å². The Morgan fingerprint density at radius 1 is 1.24 bits per heavy atom. The van der Waals surface area contributed by atoms with Crippen LogP contribution in [0, 0.1) is 0 Å². The van der Waals surface area contributed by atoms with Crippen LogP contribution in [0.15, 0.2) is 28.9 Å². The maximum atomic E-state index is 11.2. The highest BCUT2D eigenvalue weighted by Gasteiger charge is 2.15. The molecule has 0 unspecified atom stereocenters. The molecule has 17 heavy (non-hydrogen) atoms. The van der Waals surface area contributed by atoms with Crippen molar-refractivity contribution in [2.75, 3.05) is 14.2 Å². The van der Waals surface area contributed by atoms with Crippen LogP contribution in [0.1, 0.15) is 5.56 Å². The number of carbonyl (C=O) groups excluding carboxylic acids is 1. The first-order chi connectivity index (χ1) is 8.24. The topological polar surface area (TPSA) is 57.1 Å². The zero-order valence-electron chi connectivity index (χ0n) is 9.47. The van der Waals surface area contributed by atoms with Crippen LogP contribution in [-0.4, -0.2) is 26.6 Å². The van der Waals surface area contributed by atoms with E-state index >= 15 is 0 Å². The molecule has 0 N–H and O–H groups in total.